The van der Waals surface area contributed by atoms with Crippen molar-refractivity contribution >= 4 is 11.7 Å². The van der Waals surface area contributed by atoms with Gasteiger partial charge in [-0.3, -0.25) is 9.59 Å². The molecule has 1 amide bonds. The lowest BCUT2D eigenvalue weighted by Gasteiger charge is -2.34. The standard InChI is InChI=1S/C23H21NO5/c1-27-16-5-2-13(3-6-16)15-8-18-23(19(25)9-15)17(11-22(26)24-18)14-4-7-20-21(10-14)29-12-28-20/h2-7,10,15,17H,8-9,11-12H2,1H3,(H,24,26)/t15-,17+/m0/s1. The monoisotopic (exact) mass is 391 g/mol. The van der Waals surface area contributed by atoms with Crippen molar-refractivity contribution in [3.8, 4) is 17.2 Å². The molecule has 0 saturated carbocycles. The quantitative estimate of drug-likeness (QED) is 0.868. The third-order valence-electron chi connectivity index (χ3n) is 5.92. The molecule has 6 nitrogen and oxygen atoms in total. The minimum absolute atomic E-state index is 0.0444. The van der Waals surface area contributed by atoms with Gasteiger partial charge in [-0.25, -0.2) is 0 Å². The molecule has 2 heterocycles. The normalized spacial score (nSPS) is 22.9. The molecule has 2 aromatic carbocycles. The zero-order valence-corrected chi connectivity index (χ0v) is 16.1. The molecule has 0 fully saturated rings. The Morgan fingerprint density at radius 3 is 2.48 bits per heavy atom. The Morgan fingerprint density at radius 1 is 0.931 bits per heavy atom. The number of amides is 1. The highest BCUT2D eigenvalue weighted by atomic mass is 16.7. The van der Waals surface area contributed by atoms with Gasteiger partial charge in [0.1, 0.15) is 5.75 Å². The van der Waals surface area contributed by atoms with Crippen molar-refractivity contribution in [3.05, 3.63) is 64.9 Å². The molecule has 2 aromatic rings. The van der Waals surface area contributed by atoms with Gasteiger partial charge in [-0.1, -0.05) is 18.2 Å². The number of hydrogen-bond donors (Lipinski definition) is 1. The Labute approximate surface area is 168 Å². The molecule has 148 valence electrons. The van der Waals surface area contributed by atoms with Crippen LogP contribution in [0.5, 0.6) is 17.2 Å². The number of Topliss-reactive ketones (excluding diaryl/α,β-unsaturated/α-hetero) is 1. The second kappa shape index (κ2) is 6.95. The number of benzene rings is 2. The number of hydrogen-bond acceptors (Lipinski definition) is 5. The van der Waals surface area contributed by atoms with Crippen LogP contribution in [0.1, 0.15) is 42.2 Å². The van der Waals surface area contributed by atoms with Gasteiger partial charge in [0.2, 0.25) is 12.7 Å². The fourth-order valence-electron chi connectivity index (χ4n) is 4.49. The Balaban J connectivity index is 1.48. The van der Waals surface area contributed by atoms with E-state index in [2.05, 4.69) is 5.32 Å². The molecule has 6 heteroatoms. The molecule has 0 bridgehead atoms. The highest BCUT2D eigenvalue weighted by Crippen LogP contribution is 2.44. The number of carbonyl (C=O) groups excluding carboxylic acids is 2. The second-order valence-electron chi connectivity index (χ2n) is 7.61. The van der Waals surface area contributed by atoms with Crippen molar-refractivity contribution in [2.75, 3.05) is 13.9 Å². The van der Waals surface area contributed by atoms with Crippen LogP contribution in [0, 0.1) is 0 Å². The lowest BCUT2D eigenvalue weighted by atomic mass is 9.73. The second-order valence-corrected chi connectivity index (χ2v) is 7.61. The van der Waals surface area contributed by atoms with Gasteiger partial charge in [0.25, 0.3) is 0 Å². The van der Waals surface area contributed by atoms with Crippen molar-refractivity contribution < 1.29 is 23.8 Å². The summed E-state index contributed by atoms with van der Waals surface area (Å²) < 4.78 is 16.1. The summed E-state index contributed by atoms with van der Waals surface area (Å²) in [6.07, 6.45) is 1.33. The zero-order chi connectivity index (χ0) is 20.0. The summed E-state index contributed by atoms with van der Waals surface area (Å²) in [5, 5.41) is 2.96. The fourth-order valence-corrected chi connectivity index (χ4v) is 4.49. The van der Waals surface area contributed by atoms with Crippen LogP contribution in [0.4, 0.5) is 0 Å². The average molecular weight is 391 g/mol. The first-order valence-electron chi connectivity index (χ1n) is 9.72. The number of nitrogens with one attached hydrogen (secondary N) is 1. The Morgan fingerprint density at radius 2 is 1.69 bits per heavy atom. The minimum Gasteiger partial charge on any atom is -0.497 e. The summed E-state index contributed by atoms with van der Waals surface area (Å²) in [4.78, 5) is 25.6. The number of ether oxygens (including phenoxy) is 3. The van der Waals surface area contributed by atoms with Crippen LogP contribution in [-0.2, 0) is 9.59 Å². The topological polar surface area (TPSA) is 73.9 Å². The lowest BCUT2D eigenvalue weighted by molar-refractivity contribution is -0.122. The van der Waals surface area contributed by atoms with Crippen molar-refractivity contribution in [1.82, 2.24) is 5.32 Å². The maximum Gasteiger partial charge on any atom is 0.231 e. The predicted octanol–water partition coefficient (Wildman–Crippen LogP) is 3.43. The molecule has 2 atom stereocenters. The summed E-state index contributed by atoms with van der Waals surface area (Å²) in [6.45, 7) is 0.195. The fraction of sp³-hybridized carbons (Fsp3) is 0.304. The van der Waals surface area contributed by atoms with E-state index < -0.39 is 0 Å². The van der Waals surface area contributed by atoms with Crippen LogP contribution in [0.15, 0.2) is 53.7 Å². The van der Waals surface area contributed by atoms with Crippen LogP contribution in [0.2, 0.25) is 0 Å². The first-order valence-corrected chi connectivity index (χ1v) is 9.72. The van der Waals surface area contributed by atoms with Crippen molar-refractivity contribution in [2.45, 2.75) is 31.1 Å². The first kappa shape index (κ1) is 17.8. The molecular formula is C23H21NO5. The van der Waals surface area contributed by atoms with E-state index >= 15 is 0 Å². The van der Waals surface area contributed by atoms with Crippen LogP contribution >= 0.6 is 0 Å². The molecule has 0 unspecified atom stereocenters. The SMILES string of the molecule is COc1ccc([C@@H]2CC(=O)C3=C(C2)NC(=O)C[C@@H]3c2ccc3c(c2)OCO3)cc1. The average Bonchev–Trinajstić information content (AvgIpc) is 3.20. The van der Waals surface area contributed by atoms with E-state index in [4.69, 9.17) is 14.2 Å². The summed E-state index contributed by atoms with van der Waals surface area (Å²) in [7, 11) is 1.63. The molecule has 5 rings (SSSR count). The molecule has 0 spiro atoms. The predicted molar refractivity (Wildman–Crippen MR) is 105 cm³/mol. The molecule has 0 radical (unpaired) electrons. The van der Waals surface area contributed by atoms with E-state index in [0.29, 0.717) is 24.3 Å². The third kappa shape index (κ3) is 3.14. The Bertz CT molecular complexity index is 1020. The van der Waals surface area contributed by atoms with Crippen molar-refractivity contribution in [2.24, 2.45) is 0 Å². The van der Waals surface area contributed by atoms with Crippen LogP contribution in [0.3, 0.4) is 0 Å². The maximum absolute atomic E-state index is 13.2. The highest BCUT2D eigenvalue weighted by molar-refractivity contribution is 6.02. The van der Waals surface area contributed by atoms with E-state index in [9.17, 15) is 9.59 Å². The molecule has 0 aromatic heterocycles. The Hall–Kier alpha value is -3.28. The van der Waals surface area contributed by atoms with E-state index in [1.54, 1.807) is 7.11 Å². The molecule has 1 N–H and O–H groups in total. The van der Waals surface area contributed by atoms with Gasteiger partial charge < -0.3 is 19.5 Å². The van der Waals surface area contributed by atoms with E-state index in [1.807, 2.05) is 42.5 Å². The van der Waals surface area contributed by atoms with Crippen LogP contribution < -0.4 is 19.5 Å². The Kier molecular flexibility index (Phi) is 4.27. The van der Waals surface area contributed by atoms with Gasteiger partial charge in [0.15, 0.2) is 17.3 Å². The summed E-state index contributed by atoms with van der Waals surface area (Å²) in [6, 6.07) is 13.4. The highest BCUT2D eigenvalue weighted by Gasteiger charge is 2.38. The number of ketones is 1. The van der Waals surface area contributed by atoms with Gasteiger partial charge in [0, 0.05) is 30.0 Å². The van der Waals surface area contributed by atoms with Crippen molar-refractivity contribution in [1.29, 1.82) is 0 Å². The number of fused-ring (bicyclic) bond motifs is 1. The number of rotatable bonds is 3. The van der Waals surface area contributed by atoms with E-state index in [1.165, 1.54) is 0 Å². The van der Waals surface area contributed by atoms with E-state index in [-0.39, 0.29) is 36.7 Å². The van der Waals surface area contributed by atoms with Gasteiger partial charge >= 0.3 is 0 Å². The van der Waals surface area contributed by atoms with Crippen LogP contribution in [-0.4, -0.2) is 25.6 Å². The molecule has 3 aliphatic rings. The minimum atomic E-state index is -0.252. The van der Waals surface area contributed by atoms with Gasteiger partial charge in [-0.05, 0) is 47.7 Å². The molecule has 2 aliphatic heterocycles. The number of methoxy groups -OCH3 is 1. The molecule has 29 heavy (non-hydrogen) atoms. The third-order valence-corrected chi connectivity index (χ3v) is 5.92. The number of allylic oxidation sites excluding steroid dienone is 2. The van der Waals surface area contributed by atoms with Gasteiger partial charge in [0.05, 0.1) is 7.11 Å². The molecule has 0 saturated heterocycles. The first-order chi connectivity index (χ1) is 14.1. The van der Waals surface area contributed by atoms with Crippen molar-refractivity contribution in [3.63, 3.8) is 0 Å². The summed E-state index contributed by atoms with van der Waals surface area (Å²) in [5.74, 6) is 1.96. The van der Waals surface area contributed by atoms with E-state index in [0.717, 1.165) is 28.1 Å². The molecule has 1 aliphatic carbocycles. The number of carbonyl (C=O) groups is 2. The van der Waals surface area contributed by atoms with Gasteiger partial charge in [-0.15, -0.1) is 0 Å². The van der Waals surface area contributed by atoms with Gasteiger partial charge in [-0.2, -0.15) is 0 Å². The smallest absolute Gasteiger partial charge is 0.231 e. The zero-order valence-electron chi connectivity index (χ0n) is 16.1. The lowest BCUT2D eigenvalue weighted by Crippen LogP contribution is -2.38. The summed E-state index contributed by atoms with van der Waals surface area (Å²) in [5.41, 5.74) is 3.47. The summed E-state index contributed by atoms with van der Waals surface area (Å²) >= 11 is 0. The largest absolute Gasteiger partial charge is 0.497 e. The maximum atomic E-state index is 13.2. The van der Waals surface area contributed by atoms with Crippen LogP contribution in [0.25, 0.3) is 0 Å². The molecular weight excluding hydrogens is 370 g/mol.